The van der Waals surface area contributed by atoms with E-state index in [1.54, 1.807) is 13.1 Å². The summed E-state index contributed by atoms with van der Waals surface area (Å²) in [4.78, 5) is 10.9. The molecular weight excluding hydrogens is 356 g/mol. The van der Waals surface area contributed by atoms with Crippen LogP contribution in [0.15, 0.2) is 41.6 Å². The molecule has 0 spiro atoms. The molecule has 26 heavy (non-hydrogen) atoms. The Hall–Kier alpha value is -2.72. The third-order valence-electron chi connectivity index (χ3n) is 4.24. The molecule has 4 rings (SSSR count). The lowest BCUT2D eigenvalue weighted by molar-refractivity contribution is 0.198. The van der Waals surface area contributed by atoms with Crippen molar-refractivity contribution in [3.8, 4) is 0 Å². The van der Waals surface area contributed by atoms with Gasteiger partial charge in [-0.05, 0) is 18.6 Å². The average Bonchev–Trinajstić information content (AvgIpc) is 3.23. The first-order valence-corrected chi connectivity index (χ1v) is 9.62. The number of aliphatic hydroxyl groups excluding tert-OH is 1. The fourth-order valence-corrected chi connectivity index (χ4v) is 3.92. The van der Waals surface area contributed by atoms with E-state index < -0.39 is 16.1 Å². The fourth-order valence-electron chi connectivity index (χ4n) is 2.94. The number of anilines is 2. The Kier molecular flexibility index (Phi) is 4.00. The highest BCUT2D eigenvalue weighted by Gasteiger charge is 2.27. The van der Waals surface area contributed by atoms with E-state index >= 15 is 0 Å². The lowest BCUT2D eigenvalue weighted by atomic mass is 10.3. The summed E-state index contributed by atoms with van der Waals surface area (Å²) in [5, 5.41) is 13.7. The van der Waals surface area contributed by atoms with Crippen molar-refractivity contribution in [1.82, 2.24) is 19.7 Å². The maximum absolute atomic E-state index is 12.7. The highest BCUT2D eigenvalue weighted by atomic mass is 32.2. The summed E-state index contributed by atoms with van der Waals surface area (Å²) in [6.45, 7) is 0.963. The summed E-state index contributed by atoms with van der Waals surface area (Å²) in [5.41, 5.74) is 1.24. The third kappa shape index (κ3) is 3.08. The number of hydrogen-bond acceptors (Lipinski definition) is 7. The molecule has 1 atom stereocenters. The minimum absolute atomic E-state index is 0.0439. The lowest BCUT2D eigenvalue weighted by Crippen LogP contribution is -2.25. The van der Waals surface area contributed by atoms with E-state index in [0.717, 1.165) is 0 Å². The van der Waals surface area contributed by atoms with Crippen LogP contribution in [0.25, 0.3) is 11.0 Å². The number of fused-ring (bicyclic) bond motifs is 1. The maximum Gasteiger partial charge on any atom is 0.266 e. The first kappa shape index (κ1) is 16.7. The Balaban J connectivity index is 1.79. The molecule has 10 heteroatoms. The van der Waals surface area contributed by atoms with Gasteiger partial charge in [-0.15, -0.1) is 0 Å². The van der Waals surface area contributed by atoms with Crippen LogP contribution in [0.3, 0.4) is 0 Å². The minimum atomic E-state index is -3.85. The van der Waals surface area contributed by atoms with Crippen LogP contribution in [0.1, 0.15) is 6.42 Å². The Bertz CT molecular complexity index is 1060. The summed E-state index contributed by atoms with van der Waals surface area (Å²) in [6.07, 6.45) is 2.82. The van der Waals surface area contributed by atoms with Gasteiger partial charge in [0.2, 0.25) is 0 Å². The number of nitrogens with zero attached hydrogens (tertiary/aromatic N) is 5. The van der Waals surface area contributed by atoms with Gasteiger partial charge in [-0.3, -0.25) is 9.40 Å². The molecule has 136 valence electrons. The minimum Gasteiger partial charge on any atom is -0.391 e. The zero-order chi connectivity index (χ0) is 18.3. The molecule has 0 radical (unpaired) electrons. The van der Waals surface area contributed by atoms with Crippen LogP contribution in [0.4, 0.5) is 11.6 Å². The van der Waals surface area contributed by atoms with Gasteiger partial charge >= 0.3 is 0 Å². The predicted molar refractivity (Wildman–Crippen MR) is 96.4 cm³/mol. The van der Waals surface area contributed by atoms with Crippen molar-refractivity contribution in [2.75, 3.05) is 22.7 Å². The Morgan fingerprint density at radius 3 is 2.58 bits per heavy atom. The molecule has 9 nitrogen and oxygen atoms in total. The molecule has 0 saturated carbocycles. The number of rotatable bonds is 4. The van der Waals surface area contributed by atoms with Gasteiger partial charge in [0, 0.05) is 26.3 Å². The van der Waals surface area contributed by atoms with Gasteiger partial charge in [-0.25, -0.2) is 18.4 Å². The molecule has 2 N–H and O–H groups in total. The number of nitrogens with one attached hydrogen (secondary N) is 1. The molecular formula is C16H18N6O3S. The molecule has 0 bridgehead atoms. The van der Waals surface area contributed by atoms with E-state index in [0.29, 0.717) is 36.4 Å². The summed E-state index contributed by atoms with van der Waals surface area (Å²) in [7, 11) is -2.21. The van der Waals surface area contributed by atoms with Crippen LogP contribution >= 0.6 is 0 Å². The molecule has 1 aliphatic heterocycles. The number of hydrogen-bond donors (Lipinski definition) is 2. The second kappa shape index (κ2) is 6.22. The van der Waals surface area contributed by atoms with E-state index in [1.165, 1.54) is 17.1 Å². The van der Waals surface area contributed by atoms with Gasteiger partial charge < -0.3 is 10.0 Å². The standard InChI is InChI=1S/C16H18N6O3S/c1-21-10-12(8-17-21)26(24,25)20-15-16(22-7-6-11(23)9-22)19-14-5-3-2-4-13(14)18-15/h2-5,8,10-11,23H,6-7,9H2,1H3,(H,18,20)/t11-/m1/s1. The molecule has 0 amide bonds. The van der Waals surface area contributed by atoms with Crippen LogP contribution < -0.4 is 9.62 Å². The molecule has 3 aromatic rings. The smallest absolute Gasteiger partial charge is 0.266 e. The highest BCUT2D eigenvalue weighted by molar-refractivity contribution is 7.92. The topological polar surface area (TPSA) is 113 Å². The monoisotopic (exact) mass is 374 g/mol. The van der Waals surface area contributed by atoms with E-state index in [9.17, 15) is 13.5 Å². The van der Waals surface area contributed by atoms with E-state index in [1.807, 2.05) is 23.1 Å². The number of sulfonamides is 1. The molecule has 0 aliphatic carbocycles. The first-order valence-electron chi connectivity index (χ1n) is 8.14. The molecule has 3 heterocycles. The normalized spacial score (nSPS) is 17.8. The second-order valence-electron chi connectivity index (χ2n) is 6.23. The van der Waals surface area contributed by atoms with Crippen molar-refractivity contribution in [3.63, 3.8) is 0 Å². The van der Waals surface area contributed by atoms with Crippen molar-refractivity contribution in [2.24, 2.45) is 7.05 Å². The van der Waals surface area contributed by atoms with Crippen molar-refractivity contribution in [2.45, 2.75) is 17.4 Å². The van der Waals surface area contributed by atoms with Crippen LogP contribution in [0.5, 0.6) is 0 Å². The summed E-state index contributed by atoms with van der Waals surface area (Å²) in [6, 6.07) is 7.25. The number of β-amino-alcohol motifs (C(OH)–C–C–N with tert-alkyl or cyclic N) is 1. The van der Waals surface area contributed by atoms with E-state index in [-0.39, 0.29) is 10.7 Å². The Morgan fingerprint density at radius 2 is 1.96 bits per heavy atom. The quantitative estimate of drug-likeness (QED) is 0.692. The fraction of sp³-hybridized carbons (Fsp3) is 0.312. The van der Waals surface area contributed by atoms with Crippen molar-refractivity contribution < 1.29 is 13.5 Å². The summed E-state index contributed by atoms with van der Waals surface area (Å²) < 4.78 is 29.3. The van der Waals surface area contributed by atoms with Crippen LogP contribution in [0, 0.1) is 0 Å². The predicted octanol–water partition coefficient (Wildman–Crippen LogP) is 0.735. The zero-order valence-electron chi connectivity index (χ0n) is 14.1. The average molecular weight is 374 g/mol. The van der Waals surface area contributed by atoms with Crippen molar-refractivity contribution >= 4 is 32.7 Å². The number of para-hydroxylation sites is 2. The van der Waals surface area contributed by atoms with Crippen LogP contribution in [-0.4, -0.2) is 52.5 Å². The number of aromatic nitrogens is 4. The zero-order valence-corrected chi connectivity index (χ0v) is 14.9. The van der Waals surface area contributed by atoms with E-state index in [2.05, 4.69) is 19.8 Å². The number of benzene rings is 1. The molecule has 1 aromatic carbocycles. The Morgan fingerprint density at radius 1 is 1.23 bits per heavy atom. The maximum atomic E-state index is 12.7. The molecule has 1 fully saturated rings. The molecule has 2 aromatic heterocycles. The van der Waals surface area contributed by atoms with Gasteiger partial charge in [-0.1, -0.05) is 12.1 Å². The largest absolute Gasteiger partial charge is 0.391 e. The molecule has 1 saturated heterocycles. The van der Waals surface area contributed by atoms with E-state index in [4.69, 9.17) is 0 Å². The molecule has 1 aliphatic rings. The van der Waals surface area contributed by atoms with Gasteiger partial charge in [0.05, 0.1) is 23.3 Å². The van der Waals surface area contributed by atoms with Gasteiger partial charge in [0.15, 0.2) is 11.6 Å². The van der Waals surface area contributed by atoms with Crippen LogP contribution in [0.2, 0.25) is 0 Å². The number of aryl methyl sites for hydroxylation is 1. The first-order chi connectivity index (χ1) is 12.4. The lowest BCUT2D eigenvalue weighted by Gasteiger charge is -2.20. The Labute approximate surface area is 150 Å². The van der Waals surface area contributed by atoms with Crippen molar-refractivity contribution in [3.05, 3.63) is 36.7 Å². The number of aliphatic hydroxyl groups is 1. The summed E-state index contributed by atoms with van der Waals surface area (Å²) >= 11 is 0. The third-order valence-corrected chi connectivity index (χ3v) is 5.53. The van der Waals surface area contributed by atoms with Gasteiger partial charge in [0.25, 0.3) is 10.0 Å². The SMILES string of the molecule is Cn1cc(S(=O)(=O)Nc2nc3ccccc3nc2N2CC[C@@H](O)C2)cn1. The highest BCUT2D eigenvalue weighted by Crippen LogP contribution is 2.29. The van der Waals surface area contributed by atoms with Crippen molar-refractivity contribution in [1.29, 1.82) is 0 Å². The van der Waals surface area contributed by atoms with Gasteiger partial charge in [-0.2, -0.15) is 5.10 Å². The van der Waals surface area contributed by atoms with Crippen LogP contribution in [-0.2, 0) is 17.1 Å². The second-order valence-corrected chi connectivity index (χ2v) is 7.91. The van der Waals surface area contributed by atoms with Gasteiger partial charge in [0.1, 0.15) is 4.90 Å². The molecule has 0 unspecified atom stereocenters. The summed E-state index contributed by atoms with van der Waals surface area (Å²) in [5.74, 6) is 0.550.